The molecule has 1 aromatic rings. The summed E-state index contributed by atoms with van der Waals surface area (Å²) in [7, 11) is 0. The van der Waals surface area contributed by atoms with Crippen LogP contribution in [0.4, 0.5) is 0 Å². The third-order valence-corrected chi connectivity index (χ3v) is 1.34. The summed E-state index contributed by atoms with van der Waals surface area (Å²) in [6.45, 7) is 3.52. The summed E-state index contributed by atoms with van der Waals surface area (Å²) in [6, 6.07) is 1.69. The Bertz CT molecular complexity index is 223. The molecule has 0 saturated carbocycles. The quantitative estimate of drug-likeness (QED) is 0.656. The van der Waals surface area contributed by atoms with Gasteiger partial charge in [-0.15, -0.1) is 6.58 Å². The molecule has 58 valence electrons. The third kappa shape index (κ3) is 2.13. The van der Waals surface area contributed by atoms with E-state index in [-0.39, 0.29) is 0 Å². The average Bonchev–Trinajstić information content (AvgIpc) is 2.07. The summed E-state index contributed by atoms with van der Waals surface area (Å²) >= 11 is 0. The monoisotopic (exact) mass is 150 g/mol. The number of nitrogens with zero attached hydrogens (tertiary/aromatic N) is 2. The van der Waals surface area contributed by atoms with Crippen LogP contribution in [-0.2, 0) is 0 Å². The molecule has 1 rings (SSSR count). The Morgan fingerprint density at radius 1 is 1.73 bits per heavy atom. The van der Waals surface area contributed by atoms with Crippen LogP contribution in [0.1, 0.15) is 18.2 Å². The van der Waals surface area contributed by atoms with Crippen LogP contribution in [-0.4, -0.2) is 15.1 Å². The van der Waals surface area contributed by atoms with Gasteiger partial charge in [-0.3, -0.25) is 0 Å². The van der Waals surface area contributed by atoms with Gasteiger partial charge in [0.15, 0.2) is 0 Å². The topological polar surface area (TPSA) is 46.0 Å². The van der Waals surface area contributed by atoms with Crippen LogP contribution < -0.4 is 0 Å². The van der Waals surface area contributed by atoms with Crippen LogP contribution in [0.2, 0.25) is 0 Å². The molecule has 3 heteroatoms. The van der Waals surface area contributed by atoms with E-state index in [0.717, 1.165) is 0 Å². The molecule has 1 N–H and O–H groups in total. The van der Waals surface area contributed by atoms with Crippen molar-refractivity contribution in [2.45, 2.75) is 12.5 Å². The summed E-state index contributed by atoms with van der Waals surface area (Å²) in [6.07, 6.45) is 4.66. The van der Waals surface area contributed by atoms with E-state index in [0.29, 0.717) is 12.1 Å². The molecule has 0 aliphatic heterocycles. The van der Waals surface area contributed by atoms with Gasteiger partial charge in [-0.1, -0.05) is 6.08 Å². The molecular weight excluding hydrogens is 140 g/mol. The van der Waals surface area contributed by atoms with Crippen LogP contribution >= 0.6 is 0 Å². The van der Waals surface area contributed by atoms with Gasteiger partial charge in [0.2, 0.25) is 0 Å². The van der Waals surface area contributed by atoms with Crippen LogP contribution in [0, 0.1) is 0 Å². The highest BCUT2D eigenvalue weighted by Crippen LogP contribution is 2.11. The average molecular weight is 150 g/mol. The highest BCUT2D eigenvalue weighted by molar-refractivity contribution is 5.02. The third-order valence-electron chi connectivity index (χ3n) is 1.34. The van der Waals surface area contributed by atoms with E-state index >= 15 is 0 Å². The number of aliphatic hydroxyl groups excluding tert-OH is 1. The van der Waals surface area contributed by atoms with E-state index in [1.165, 1.54) is 6.33 Å². The normalized spacial score (nSPS) is 12.5. The largest absolute Gasteiger partial charge is 0.386 e. The molecule has 0 fully saturated rings. The molecule has 0 bridgehead atoms. The van der Waals surface area contributed by atoms with Crippen LogP contribution in [0.5, 0.6) is 0 Å². The zero-order valence-electron chi connectivity index (χ0n) is 6.14. The number of aliphatic hydroxyl groups is 1. The Morgan fingerprint density at radius 2 is 2.55 bits per heavy atom. The van der Waals surface area contributed by atoms with E-state index in [2.05, 4.69) is 16.5 Å². The van der Waals surface area contributed by atoms with Crippen molar-refractivity contribution < 1.29 is 5.11 Å². The predicted octanol–water partition coefficient (Wildman–Crippen LogP) is 1.09. The first-order valence-electron chi connectivity index (χ1n) is 3.39. The smallest absolute Gasteiger partial charge is 0.115 e. The molecule has 1 unspecified atom stereocenters. The second kappa shape index (κ2) is 3.83. The van der Waals surface area contributed by atoms with E-state index in [9.17, 15) is 5.11 Å². The van der Waals surface area contributed by atoms with E-state index in [4.69, 9.17) is 0 Å². The minimum atomic E-state index is -0.546. The molecule has 0 amide bonds. The van der Waals surface area contributed by atoms with Gasteiger partial charge in [-0.05, 0) is 12.5 Å². The van der Waals surface area contributed by atoms with E-state index in [1.54, 1.807) is 18.3 Å². The predicted molar refractivity (Wildman–Crippen MR) is 41.8 cm³/mol. The second-order valence-corrected chi connectivity index (χ2v) is 2.17. The standard InChI is InChI=1S/C8H10N2O/c1-2-3-8(11)7-4-5-9-6-10-7/h2,4-6,8,11H,1,3H2. The van der Waals surface area contributed by atoms with Crippen molar-refractivity contribution in [3.8, 4) is 0 Å². The molecule has 0 spiro atoms. The van der Waals surface area contributed by atoms with Crippen molar-refractivity contribution in [1.29, 1.82) is 0 Å². The molecule has 0 saturated heterocycles. The van der Waals surface area contributed by atoms with Crippen molar-refractivity contribution in [3.63, 3.8) is 0 Å². The molecule has 3 nitrogen and oxygen atoms in total. The Kier molecular flexibility index (Phi) is 2.74. The first-order chi connectivity index (χ1) is 5.34. The Hall–Kier alpha value is -1.22. The lowest BCUT2D eigenvalue weighted by atomic mass is 10.2. The minimum absolute atomic E-state index is 0.525. The minimum Gasteiger partial charge on any atom is -0.386 e. The first-order valence-corrected chi connectivity index (χ1v) is 3.39. The van der Waals surface area contributed by atoms with Gasteiger partial charge in [-0.25, -0.2) is 9.97 Å². The molecule has 0 radical (unpaired) electrons. The van der Waals surface area contributed by atoms with Crippen molar-refractivity contribution in [2.24, 2.45) is 0 Å². The second-order valence-electron chi connectivity index (χ2n) is 2.17. The van der Waals surface area contributed by atoms with Gasteiger partial charge in [0.25, 0.3) is 0 Å². The number of rotatable bonds is 3. The molecule has 1 heterocycles. The van der Waals surface area contributed by atoms with E-state index < -0.39 is 6.10 Å². The molecule has 11 heavy (non-hydrogen) atoms. The summed E-state index contributed by atoms with van der Waals surface area (Å²) in [4.78, 5) is 7.63. The maximum absolute atomic E-state index is 9.36. The number of hydrogen-bond acceptors (Lipinski definition) is 3. The molecule has 0 aromatic carbocycles. The molecule has 0 aliphatic rings. The molecule has 0 aliphatic carbocycles. The van der Waals surface area contributed by atoms with Crippen LogP contribution in [0.3, 0.4) is 0 Å². The van der Waals surface area contributed by atoms with Gasteiger partial charge in [0, 0.05) is 6.20 Å². The fourth-order valence-corrected chi connectivity index (χ4v) is 0.777. The fraction of sp³-hybridized carbons (Fsp3) is 0.250. The van der Waals surface area contributed by atoms with Gasteiger partial charge in [-0.2, -0.15) is 0 Å². The maximum atomic E-state index is 9.36. The van der Waals surface area contributed by atoms with Gasteiger partial charge < -0.3 is 5.11 Å². The van der Waals surface area contributed by atoms with Gasteiger partial charge in [0.1, 0.15) is 6.33 Å². The summed E-state index contributed by atoms with van der Waals surface area (Å²) in [5.74, 6) is 0. The highest BCUT2D eigenvalue weighted by atomic mass is 16.3. The Balaban J connectivity index is 2.68. The van der Waals surface area contributed by atoms with Crippen molar-refractivity contribution in [2.75, 3.05) is 0 Å². The highest BCUT2D eigenvalue weighted by Gasteiger charge is 2.04. The van der Waals surface area contributed by atoms with Gasteiger partial charge in [0.05, 0.1) is 11.8 Å². The number of aromatic nitrogens is 2. The van der Waals surface area contributed by atoms with Crippen molar-refractivity contribution >= 4 is 0 Å². The summed E-state index contributed by atoms with van der Waals surface area (Å²) in [5, 5.41) is 9.36. The Labute approximate surface area is 65.4 Å². The maximum Gasteiger partial charge on any atom is 0.115 e. The van der Waals surface area contributed by atoms with Crippen molar-refractivity contribution in [3.05, 3.63) is 36.9 Å². The zero-order chi connectivity index (χ0) is 8.10. The van der Waals surface area contributed by atoms with Crippen LogP contribution in [0.25, 0.3) is 0 Å². The fourth-order valence-electron chi connectivity index (χ4n) is 0.777. The van der Waals surface area contributed by atoms with E-state index in [1.807, 2.05) is 0 Å². The molecule has 1 aromatic heterocycles. The lowest BCUT2D eigenvalue weighted by molar-refractivity contribution is 0.176. The Morgan fingerprint density at radius 3 is 3.09 bits per heavy atom. The zero-order valence-corrected chi connectivity index (χ0v) is 6.14. The number of hydrogen-bond donors (Lipinski definition) is 1. The summed E-state index contributed by atoms with van der Waals surface area (Å²) < 4.78 is 0. The molecular formula is C8H10N2O. The lowest BCUT2D eigenvalue weighted by Gasteiger charge is -2.04. The molecule has 1 atom stereocenters. The van der Waals surface area contributed by atoms with Crippen molar-refractivity contribution in [1.82, 2.24) is 9.97 Å². The van der Waals surface area contributed by atoms with Crippen LogP contribution in [0.15, 0.2) is 31.2 Å². The first kappa shape index (κ1) is 7.88. The summed E-state index contributed by atoms with van der Waals surface area (Å²) in [5.41, 5.74) is 0.639. The van der Waals surface area contributed by atoms with Gasteiger partial charge >= 0.3 is 0 Å². The lowest BCUT2D eigenvalue weighted by Crippen LogP contribution is -1.98. The SMILES string of the molecule is C=CCC(O)c1ccncn1.